The number of hydrogen-bond donors (Lipinski definition) is 0. The number of fused-ring (bicyclic) bond motifs is 2. The zero-order chi connectivity index (χ0) is 9.10. The van der Waals surface area contributed by atoms with Crippen molar-refractivity contribution < 1.29 is 9.53 Å². The fourth-order valence-corrected chi connectivity index (χ4v) is 2.16. The molecule has 0 aromatic carbocycles. The lowest BCUT2D eigenvalue weighted by molar-refractivity contribution is -0.137. The van der Waals surface area contributed by atoms with E-state index in [1.807, 2.05) is 0 Å². The molecule has 2 bridgehead atoms. The number of cyclic esters (lactones) is 1. The van der Waals surface area contributed by atoms with Crippen molar-refractivity contribution in [3.05, 3.63) is 11.6 Å². The van der Waals surface area contributed by atoms with Crippen LogP contribution in [0.3, 0.4) is 0 Å². The number of rotatable bonds is 0. The minimum absolute atomic E-state index is 0.0463. The van der Waals surface area contributed by atoms with Crippen molar-refractivity contribution in [2.45, 2.75) is 38.5 Å². The molecule has 1 aliphatic heterocycles. The van der Waals surface area contributed by atoms with Crippen molar-refractivity contribution >= 4 is 5.97 Å². The molecule has 0 aromatic heterocycles. The second-order valence-electron chi connectivity index (χ2n) is 4.03. The van der Waals surface area contributed by atoms with E-state index in [1.165, 1.54) is 25.7 Å². The molecule has 0 aromatic rings. The molecule has 0 spiro atoms. The molecule has 0 radical (unpaired) electrons. The number of esters is 1. The lowest BCUT2D eigenvalue weighted by Crippen LogP contribution is -1.88. The Balaban J connectivity index is 0.000000102. The van der Waals surface area contributed by atoms with E-state index in [1.54, 1.807) is 5.57 Å². The summed E-state index contributed by atoms with van der Waals surface area (Å²) in [6, 6.07) is 0. The Morgan fingerprint density at radius 1 is 1.38 bits per heavy atom. The van der Waals surface area contributed by atoms with Gasteiger partial charge < -0.3 is 4.74 Å². The molecule has 3 aliphatic rings. The van der Waals surface area contributed by atoms with Crippen molar-refractivity contribution in [3.8, 4) is 0 Å². The molecule has 2 heteroatoms. The van der Waals surface area contributed by atoms with Gasteiger partial charge in [-0.1, -0.05) is 11.6 Å². The summed E-state index contributed by atoms with van der Waals surface area (Å²) < 4.78 is 4.51. The van der Waals surface area contributed by atoms with Crippen molar-refractivity contribution in [2.24, 2.45) is 5.92 Å². The molecule has 1 heterocycles. The lowest BCUT2D eigenvalue weighted by atomic mass is 10.1. The van der Waals surface area contributed by atoms with Crippen LogP contribution in [0.4, 0.5) is 0 Å². The molecule has 1 atom stereocenters. The smallest absolute Gasteiger partial charge is 0.305 e. The Hall–Kier alpha value is -0.790. The third kappa shape index (κ3) is 2.33. The number of allylic oxidation sites excluding steroid dienone is 2. The van der Waals surface area contributed by atoms with Crippen LogP contribution in [0.2, 0.25) is 0 Å². The van der Waals surface area contributed by atoms with Crippen LogP contribution in [0.25, 0.3) is 0 Å². The minimum Gasteiger partial charge on any atom is -0.466 e. The second kappa shape index (κ2) is 3.95. The van der Waals surface area contributed by atoms with Crippen molar-refractivity contribution in [1.82, 2.24) is 0 Å². The van der Waals surface area contributed by atoms with Gasteiger partial charge in [-0.15, -0.1) is 0 Å². The molecule has 2 nitrogen and oxygen atoms in total. The zero-order valence-corrected chi connectivity index (χ0v) is 7.92. The predicted octanol–water partition coefficient (Wildman–Crippen LogP) is 2.44. The first-order valence-corrected chi connectivity index (χ1v) is 5.18. The van der Waals surface area contributed by atoms with Gasteiger partial charge in [-0.3, -0.25) is 4.79 Å². The van der Waals surface area contributed by atoms with Crippen LogP contribution in [0.1, 0.15) is 38.5 Å². The first kappa shape index (κ1) is 8.79. The maximum absolute atomic E-state index is 10.0. The first-order valence-electron chi connectivity index (χ1n) is 5.18. The third-order valence-electron chi connectivity index (χ3n) is 2.95. The molecular formula is C11H16O2. The summed E-state index contributed by atoms with van der Waals surface area (Å²) in [5, 5.41) is 0. The number of carbonyl (C=O) groups excluding carboxylic acids is 1. The third-order valence-corrected chi connectivity index (χ3v) is 2.95. The summed E-state index contributed by atoms with van der Waals surface area (Å²) in [6.07, 6.45) is 9.72. The minimum atomic E-state index is -0.0463. The van der Waals surface area contributed by atoms with Crippen LogP contribution < -0.4 is 0 Å². The summed E-state index contributed by atoms with van der Waals surface area (Å²) in [7, 11) is 0. The summed E-state index contributed by atoms with van der Waals surface area (Å²) in [6.45, 7) is 0.638. The van der Waals surface area contributed by atoms with E-state index in [4.69, 9.17) is 0 Å². The Bertz CT molecular complexity index is 222. The molecule has 1 saturated carbocycles. The van der Waals surface area contributed by atoms with E-state index >= 15 is 0 Å². The molecule has 1 unspecified atom stereocenters. The maximum Gasteiger partial charge on any atom is 0.305 e. The summed E-state index contributed by atoms with van der Waals surface area (Å²) in [5.41, 5.74) is 1.74. The predicted molar refractivity (Wildman–Crippen MR) is 50.2 cm³/mol. The van der Waals surface area contributed by atoms with Gasteiger partial charge >= 0.3 is 5.97 Å². The van der Waals surface area contributed by atoms with E-state index in [0.717, 1.165) is 12.3 Å². The highest BCUT2D eigenvalue weighted by atomic mass is 16.5. The normalized spacial score (nSPS) is 29.4. The van der Waals surface area contributed by atoms with Crippen LogP contribution in [-0.4, -0.2) is 12.6 Å². The van der Waals surface area contributed by atoms with E-state index in [9.17, 15) is 4.79 Å². The highest BCUT2D eigenvalue weighted by molar-refractivity contribution is 5.70. The topological polar surface area (TPSA) is 26.3 Å². The summed E-state index contributed by atoms with van der Waals surface area (Å²) in [5.74, 6) is 1.03. The van der Waals surface area contributed by atoms with Crippen LogP contribution in [0.5, 0.6) is 0 Å². The van der Waals surface area contributed by atoms with E-state index < -0.39 is 0 Å². The van der Waals surface area contributed by atoms with Gasteiger partial charge in [0.15, 0.2) is 0 Å². The maximum atomic E-state index is 10.0. The average Bonchev–Trinajstić information content (AvgIpc) is 2.80. The van der Waals surface area contributed by atoms with Gasteiger partial charge in [0.1, 0.15) is 0 Å². The van der Waals surface area contributed by atoms with E-state index in [-0.39, 0.29) is 5.97 Å². The average molecular weight is 180 g/mol. The first-order chi connectivity index (χ1) is 6.34. The highest BCUT2D eigenvalue weighted by Crippen LogP contribution is 2.38. The zero-order valence-electron chi connectivity index (χ0n) is 7.92. The van der Waals surface area contributed by atoms with Gasteiger partial charge in [-0.2, -0.15) is 0 Å². The van der Waals surface area contributed by atoms with Gasteiger partial charge in [0.25, 0.3) is 0 Å². The van der Waals surface area contributed by atoms with Crippen molar-refractivity contribution in [1.29, 1.82) is 0 Å². The van der Waals surface area contributed by atoms with Gasteiger partial charge in [-0.25, -0.2) is 0 Å². The van der Waals surface area contributed by atoms with Crippen LogP contribution in [0.15, 0.2) is 11.6 Å². The van der Waals surface area contributed by atoms with Gasteiger partial charge in [0.05, 0.1) is 6.61 Å². The largest absolute Gasteiger partial charge is 0.466 e. The Labute approximate surface area is 79.0 Å². The quantitative estimate of drug-likeness (QED) is 0.423. The van der Waals surface area contributed by atoms with Crippen molar-refractivity contribution in [2.75, 3.05) is 6.61 Å². The molecule has 3 rings (SSSR count). The van der Waals surface area contributed by atoms with Crippen LogP contribution in [0, 0.1) is 5.92 Å². The van der Waals surface area contributed by atoms with Gasteiger partial charge in [0, 0.05) is 6.42 Å². The second-order valence-corrected chi connectivity index (χ2v) is 4.03. The standard InChI is InChI=1S/C7H10.C4H6O2/c1-2-7-4-3-6(1)5-7;5-4-2-1-3-6-4/h1,7H,2-5H2;1-3H2. The molecule has 1 saturated heterocycles. The van der Waals surface area contributed by atoms with E-state index in [2.05, 4.69) is 10.8 Å². The summed E-state index contributed by atoms with van der Waals surface area (Å²) >= 11 is 0. The molecule has 0 N–H and O–H groups in total. The molecule has 2 aliphatic carbocycles. The molecule has 2 fully saturated rings. The fourth-order valence-electron chi connectivity index (χ4n) is 2.16. The molecular weight excluding hydrogens is 164 g/mol. The number of hydrogen-bond acceptors (Lipinski definition) is 2. The lowest BCUT2D eigenvalue weighted by Gasteiger charge is -1.98. The van der Waals surface area contributed by atoms with Crippen LogP contribution in [-0.2, 0) is 9.53 Å². The van der Waals surface area contributed by atoms with E-state index in [0.29, 0.717) is 13.0 Å². The number of carbonyl (C=O) groups is 1. The molecule has 72 valence electrons. The Morgan fingerprint density at radius 3 is 2.46 bits per heavy atom. The Kier molecular flexibility index (Phi) is 2.67. The monoisotopic (exact) mass is 180 g/mol. The Morgan fingerprint density at radius 2 is 2.31 bits per heavy atom. The molecule has 13 heavy (non-hydrogen) atoms. The fraction of sp³-hybridized carbons (Fsp3) is 0.727. The highest BCUT2D eigenvalue weighted by Gasteiger charge is 2.22. The van der Waals surface area contributed by atoms with Gasteiger partial charge in [-0.05, 0) is 38.0 Å². The van der Waals surface area contributed by atoms with Crippen molar-refractivity contribution in [3.63, 3.8) is 0 Å². The molecule has 0 amide bonds. The summed E-state index contributed by atoms with van der Waals surface area (Å²) in [4.78, 5) is 10.0. The SMILES string of the molecule is C1=C2CCC(C1)C2.O=C1CCCO1. The van der Waals surface area contributed by atoms with Crippen LogP contribution >= 0.6 is 0 Å². The van der Waals surface area contributed by atoms with Gasteiger partial charge in [0.2, 0.25) is 0 Å². The number of ether oxygens (including phenoxy) is 1.